The van der Waals surface area contributed by atoms with E-state index in [0.29, 0.717) is 5.95 Å². The number of hydrogen-bond acceptors (Lipinski definition) is 5. The van der Waals surface area contributed by atoms with E-state index in [9.17, 15) is 14.0 Å². The lowest BCUT2D eigenvalue weighted by molar-refractivity contribution is -0.137. The maximum absolute atomic E-state index is 13.4. The number of benzene rings is 2. The van der Waals surface area contributed by atoms with Crippen LogP contribution in [0.3, 0.4) is 0 Å². The fourth-order valence-electron chi connectivity index (χ4n) is 3.32. The number of aliphatic carboxylic acids is 1. The maximum atomic E-state index is 13.4. The molecule has 3 aromatic rings. The van der Waals surface area contributed by atoms with E-state index < -0.39 is 5.97 Å². The largest absolute Gasteiger partial charge is 0.481 e. The number of amides is 1. The molecular weight excluding hydrogens is 401 g/mol. The first kappa shape index (κ1) is 20.3. The summed E-state index contributed by atoms with van der Waals surface area (Å²) in [5, 5.41) is 18.9. The second-order valence-electron chi connectivity index (χ2n) is 7.07. The Labute approximate surface area is 177 Å². The first-order valence-corrected chi connectivity index (χ1v) is 9.77. The minimum absolute atomic E-state index is 0.0541. The SMILES string of the molecule is O=C(O)CCCC(=O)Nc1nc2n(n1)[C@H](c1ccc(F)cc1)C=C(c1ccccc1)N2. The van der Waals surface area contributed by atoms with Crippen LogP contribution in [0.5, 0.6) is 0 Å². The van der Waals surface area contributed by atoms with Crippen molar-refractivity contribution in [2.75, 3.05) is 10.6 Å². The third-order valence-corrected chi connectivity index (χ3v) is 4.81. The summed E-state index contributed by atoms with van der Waals surface area (Å²) >= 11 is 0. The average Bonchev–Trinajstić information content (AvgIpc) is 3.16. The normalized spacial score (nSPS) is 14.9. The predicted octanol–water partition coefficient (Wildman–Crippen LogP) is 3.67. The Morgan fingerprint density at radius 1 is 1.10 bits per heavy atom. The van der Waals surface area contributed by atoms with Gasteiger partial charge >= 0.3 is 5.97 Å². The van der Waals surface area contributed by atoms with Crippen molar-refractivity contribution < 1.29 is 19.1 Å². The number of carboxylic acid groups (broad SMARTS) is 1. The number of nitrogens with one attached hydrogen (secondary N) is 2. The van der Waals surface area contributed by atoms with Crippen LogP contribution in [0.1, 0.15) is 36.4 Å². The topological polar surface area (TPSA) is 109 Å². The lowest BCUT2D eigenvalue weighted by atomic mass is 10.0. The Morgan fingerprint density at radius 3 is 2.55 bits per heavy atom. The van der Waals surface area contributed by atoms with Gasteiger partial charge in [-0.2, -0.15) is 4.98 Å². The standard InChI is InChI=1S/C22H20FN5O3/c23-16-11-9-15(10-12-16)18-13-17(14-5-2-1-3-6-14)24-22-26-21(27-28(18)22)25-19(29)7-4-8-20(30)31/h1-3,5-6,9-13,18H,4,7-8H2,(H,30,31)(H2,24,25,26,27,29)/t18-/m0/s1. The highest BCUT2D eigenvalue weighted by atomic mass is 19.1. The third-order valence-electron chi connectivity index (χ3n) is 4.81. The summed E-state index contributed by atoms with van der Waals surface area (Å²) in [4.78, 5) is 27.1. The maximum Gasteiger partial charge on any atom is 0.303 e. The second-order valence-corrected chi connectivity index (χ2v) is 7.07. The minimum atomic E-state index is -0.950. The van der Waals surface area contributed by atoms with E-state index in [1.54, 1.807) is 16.8 Å². The van der Waals surface area contributed by atoms with Gasteiger partial charge in [0.05, 0.1) is 0 Å². The predicted molar refractivity (Wildman–Crippen MR) is 113 cm³/mol. The highest BCUT2D eigenvalue weighted by Crippen LogP contribution is 2.33. The Bertz CT molecular complexity index is 1130. The molecule has 1 aliphatic heterocycles. The Hall–Kier alpha value is -4.01. The van der Waals surface area contributed by atoms with E-state index in [1.807, 2.05) is 36.4 Å². The fourth-order valence-corrected chi connectivity index (χ4v) is 3.32. The van der Waals surface area contributed by atoms with Gasteiger partial charge in [0.2, 0.25) is 11.9 Å². The number of aromatic nitrogens is 3. The van der Waals surface area contributed by atoms with Crippen LogP contribution in [0.25, 0.3) is 5.70 Å². The number of nitrogens with zero attached hydrogens (tertiary/aromatic N) is 3. The lowest BCUT2D eigenvalue weighted by Crippen LogP contribution is -2.20. The summed E-state index contributed by atoms with van der Waals surface area (Å²) in [5.74, 6) is -1.11. The molecule has 1 amide bonds. The van der Waals surface area contributed by atoms with Crippen molar-refractivity contribution in [3.63, 3.8) is 0 Å². The molecule has 2 heterocycles. The molecule has 1 atom stereocenters. The van der Waals surface area contributed by atoms with E-state index in [1.165, 1.54) is 12.1 Å². The molecule has 0 saturated heterocycles. The van der Waals surface area contributed by atoms with Crippen molar-refractivity contribution >= 4 is 29.5 Å². The highest BCUT2D eigenvalue weighted by Gasteiger charge is 2.25. The van der Waals surface area contributed by atoms with Crippen molar-refractivity contribution in [3.05, 3.63) is 77.6 Å². The number of carboxylic acids is 1. The molecule has 31 heavy (non-hydrogen) atoms. The Morgan fingerprint density at radius 2 is 1.84 bits per heavy atom. The monoisotopic (exact) mass is 421 g/mol. The molecule has 0 aliphatic carbocycles. The average molecular weight is 421 g/mol. The van der Waals surface area contributed by atoms with Gasteiger partial charge in [-0.05, 0) is 35.8 Å². The van der Waals surface area contributed by atoms with Gasteiger partial charge in [-0.3, -0.25) is 14.9 Å². The molecule has 0 bridgehead atoms. The van der Waals surface area contributed by atoms with E-state index in [0.717, 1.165) is 16.8 Å². The number of fused-ring (bicyclic) bond motifs is 1. The van der Waals surface area contributed by atoms with E-state index in [-0.39, 0.29) is 43.0 Å². The molecule has 9 heteroatoms. The molecule has 1 aliphatic rings. The number of hydrogen-bond donors (Lipinski definition) is 3. The van der Waals surface area contributed by atoms with Crippen molar-refractivity contribution in [1.29, 1.82) is 0 Å². The number of carbonyl (C=O) groups is 2. The van der Waals surface area contributed by atoms with Gasteiger partial charge in [-0.25, -0.2) is 9.07 Å². The third kappa shape index (κ3) is 4.77. The van der Waals surface area contributed by atoms with Crippen molar-refractivity contribution in [2.45, 2.75) is 25.3 Å². The van der Waals surface area contributed by atoms with Crippen LogP contribution < -0.4 is 10.6 Å². The van der Waals surface area contributed by atoms with E-state index in [2.05, 4.69) is 20.7 Å². The second kappa shape index (κ2) is 8.78. The van der Waals surface area contributed by atoms with Gasteiger partial charge in [-0.1, -0.05) is 42.5 Å². The summed E-state index contributed by atoms with van der Waals surface area (Å²) in [6, 6.07) is 15.4. The minimum Gasteiger partial charge on any atom is -0.481 e. The highest BCUT2D eigenvalue weighted by molar-refractivity contribution is 5.89. The number of rotatable bonds is 7. The number of anilines is 2. The fraction of sp³-hybridized carbons (Fsp3) is 0.182. The van der Waals surface area contributed by atoms with Crippen LogP contribution in [0, 0.1) is 5.82 Å². The van der Waals surface area contributed by atoms with Crippen molar-refractivity contribution in [2.24, 2.45) is 0 Å². The first-order chi connectivity index (χ1) is 15.0. The number of carbonyl (C=O) groups excluding carboxylic acids is 1. The van der Waals surface area contributed by atoms with Crippen LogP contribution in [-0.2, 0) is 9.59 Å². The zero-order chi connectivity index (χ0) is 21.8. The molecule has 0 fully saturated rings. The zero-order valence-corrected chi connectivity index (χ0v) is 16.5. The van der Waals surface area contributed by atoms with Gasteiger partial charge in [0.15, 0.2) is 0 Å². The molecule has 1 aromatic heterocycles. The Balaban J connectivity index is 1.61. The van der Waals surface area contributed by atoms with Crippen LogP contribution >= 0.6 is 0 Å². The van der Waals surface area contributed by atoms with E-state index in [4.69, 9.17) is 5.11 Å². The summed E-state index contributed by atoms with van der Waals surface area (Å²) < 4.78 is 15.1. The molecular formula is C22H20FN5O3. The van der Waals surface area contributed by atoms with Gasteiger partial charge in [0, 0.05) is 18.5 Å². The summed E-state index contributed by atoms with van der Waals surface area (Å²) in [6.45, 7) is 0. The molecule has 0 radical (unpaired) electrons. The molecule has 0 unspecified atom stereocenters. The molecule has 158 valence electrons. The quantitative estimate of drug-likeness (QED) is 0.537. The van der Waals surface area contributed by atoms with Gasteiger partial charge in [0.25, 0.3) is 5.95 Å². The van der Waals surface area contributed by atoms with E-state index >= 15 is 0 Å². The lowest BCUT2D eigenvalue weighted by Gasteiger charge is -2.24. The van der Waals surface area contributed by atoms with Crippen LogP contribution in [0.2, 0.25) is 0 Å². The number of halogens is 1. The summed E-state index contributed by atoms with van der Waals surface area (Å²) in [7, 11) is 0. The Kier molecular flexibility index (Phi) is 5.74. The number of allylic oxidation sites excluding steroid dienone is 1. The molecule has 2 aromatic carbocycles. The van der Waals surface area contributed by atoms with Crippen molar-refractivity contribution in [1.82, 2.24) is 14.8 Å². The van der Waals surface area contributed by atoms with Crippen molar-refractivity contribution in [3.8, 4) is 0 Å². The molecule has 3 N–H and O–H groups in total. The molecule has 8 nitrogen and oxygen atoms in total. The van der Waals surface area contributed by atoms with Crippen LogP contribution in [0.15, 0.2) is 60.7 Å². The first-order valence-electron chi connectivity index (χ1n) is 9.77. The smallest absolute Gasteiger partial charge is 0.303 e. The van der Waals surface area contributed by atoms with Crippen LogP contribution in [0.4, 0.5) is 16.3 Å². The van der Waals surface area contributed by atoms with Crippen LogP contribution in [-0.4, -0.2) is 31.7 Å². The zero-order valence-electron chi connectivity index (χ0n) is 16.5. The van der Waals surface area contributed by atoms with Gasteiger partial charge < -0.3 is 10.4 Å². The van der Waals surface area contributed by atoms with Gasteiger partial charge in [-0.15, -0.1) is 5.10 Å². The summed E-state index contributed by atoms with van der Waals surface area (Å²) in [6.07, 6.45) is 2.16. The molecule has 0 saturated carbocycles. The molecule has 0 spiro atoms. The van der Waals surface area contributed by atoms with Gasteiger partial charge in [0.1, 0.15) is 11.9 Å². The summed E-state index contributed by atoms with van der Waals surface area (Å²) in [5.41, 5.74) is 2.57. The molecule has 4 rings (SSSR count).